The van der Waals surface area contributed by atoms with Crippen LogP contribution in [-0.4, -0.2) is 21.2 Å². The predicted molar refractivity (Wildman–Crippen MR) is 75.0 cm³/mol. The lowest BCUT2D eigenvalue weighted by Crippen LogP contribution is -2.22. The zero-order valence-electron chi connectivity index (χ0n) is 10.7. The van der Waals surface area contributed by atoms with E-state index in [1.54, 1.807) is 23.1 Å². The Kier molecular flexibility index (Phi) is 4.68. The molecule has 0 saturated heterocycles. The molecule has 0 aromatic carbocycles. The van der Waals surface area contributed by atoms with E-state index in [0.29, 0.717) is 6.04 Å². The first-order valence-electron chi connectivity index (χ1n) is 5.80. The quantitative estimate of drug-likeness (QED) is 0.912. The summed E-state index contributed by atoms with van der Waals surface area (Å²) >= 11 is 3.18. The number of nitrogens with zero attached hydrogens (tertiary/aromatic N) is 3. The van der Waals surface area contributed by atoms with Crippen LogP contribution in [0, 0.1) is 6.92 Å². The number of nitrogens with one attached hydrogen (secondary N) is 1. The maximum atomic E-state index is 4.42. The molecule has 2 aromatic heterocycles. The summed E-state index contributed by atoms with van der Waals surface area (Å²) in [7, 11) is 0. The van der Waals surface area contributed by atoms with Crippen molar-refractivity contribution in [3.8, 4) is 0 Å². The van der Waals surface area contributed by atoms with Crippen molar-refractivity contribution in [3.05, 3.63) is 28.9 Å². The molecule has 0 bridgehead atoms. The maximum Gasteiger partial charge on any atom is 0.180 e. The van der Waals surface area contributed by atoms with Crippen LogP contribution in [0.3, 0.4) is 0 Å². The van der Waals surface area contributed by atoms with Crippen molar-refractivity contribution in [3.63, 3.8) is 0 Å². The fourth-order valence-corrected chi connectivity index (χ4v) is 3.18. The summed E-state index contributed by atoms with van der Waals surface area (Å²) in [5, 5.41) is 13.5. The molecule has 4 nitrogen and oxygen atoms in total. The summed E-state index contributed by atoms with van der Waals surface area (Å²) in [6.07, 6.45) is 1.81. The Bertz CT molecular complexity index is 510. The van der Waals surface area contributed by atoms with Gasteiger partial charge in [-0.25, -0.2) is 4.98 Å². The average Bonchev–Trinajstić information content (AvgIpc) is 2.73. The monoisotopic (exact) mass is 280 g/mol. The first-order chi connectivity index (χ1) is 8.65. The number of aromatic nitrogens is 3. The van der Waals surface area contributed by atoms with Crippen molar-refractivity contribution in [1.82, 2.24) is 20.5 Å². The Morgan fingerprint density at radius 3 is 2.89 bits per heavy atom. The van der Waals surface area contributed by atoms with Crippen molar-refractivity contribution < 1.29 is 0 Å². The molecule has 18 heavy (non-hydrogen) atoms. The van der Waals surface area contributed by atoms with Gasteiger partial charge in [-0.3, -0.25) is 0 Å². The second-order valence-corrected chi connectivity index (χ2v) is 6.61. The van der Waals surface area contributed by atoms with Gasteiger partial charge in [-0.15, -0.1) is 10.2 Å². The van der Waals surface area contributed by atoms with E-state index < -0.39 is 0 Å². The molecule has 0 saturated carbocycles. The van der Waals surface area contributed by atoms with Crippen LogP contribution in [0.4, 0.5) is 0 Å². The van der Waals surface area contributed by atoms with Crippen LogP contribution >= 0.6 is 23.1 Å². The van der Waals surface area contributed by atoms with Gasteiger partial charge in [-0.05, 0) is 30.3 Å². The van der Waals surface area contributed by atoms with Gasteiger partial charge in [0.25, 0.3) is 0 Å². The summed E-state index contributed by atoms with van der Waals surface area (Å²) in [4.78, 5) is 4.42. The van der Waals surface area contributed by atoms with E-state index in [-0.39, 0.29) is 0 Å². The number of hydrogen-bond donors (Lipinski definition) is 1. The van der Waals surface area contributed by atoms with Crippen LogP contribution in [0.1, 0.15) is 24.4 Å². The Hall–Kier alpha value is -0.980. The summed E-state index contributed by atoms with van der Waals surface area (Å²) in [6, 6.07) is 4.53. The fourth-order valence-electron chi connectivity index (χ4n) is 1.37. The van der Waals surface area contributed by atoms with E-state index >= 15 is 0 Å². The molecule has 0 aliphatic carbocycles. The highest BCUT2D eigenvalue weighted by molar-refractivity contribution is 8.01. The van der Waals surface area contributed by atoms with Gasteiger partial charge in [0.2, 0.25) is 0 Å². The molecule has 0 radical (unpaired) electrons. The minimum Gasteiger partial charge on any atom is -0.310 e. The Balaban J connectivity index is 2.11. The lowest BCUT2D eigenvalue weighted by atomic mass is 10.2. The standard InChI is InChI=1S/C12H16N4S2/c1-8(2)14-7-10-5-4-6-13-11(10)18-12-16-15-9(3)17-12/h4-6,8,14H,7H2,1-3H3. The molecule has 96 valence electrons. The van der Waals surface area contributed by atoms with Crippen molar-refractivity contribution >= 4 is 23.1 Å². The van der Waals surface area contributed by atoms with E-state index in [1.165, 1.54) is 5.56 Å². The van der Waals surface area contributed by atoms with E-state index in [4.69, 9.17) is 0 Å². The van der Waals surface area contributed by atoms with Crippen LogP contribution < -0.4 is 5.32 Å². The van der Waals surface area contributed by atoms with Gasteiger partial charge >= 0.3 is 0 Å². The molecule has 2 rings (SSSR count). The minimum atomic E-state index is 0.465. The molecule has 0 atom stereocenters. The number of aryl methyl sites for hydroxylation is 1. The molecular weight excluding hydrogens is 264 g/mol. The van der Waals surface area contributed by atoms with Gasteiger partial charge < -0.3 is 5.32 Å². The predicted octanol–water partition coefficient (Wildman–Crippen LogP) is 2.89. The van der Waals surface area contributed by atoms with Gasteiger partial charge in [0.15, 0.2) is 4.34 Å². The highest BCUT2D eigenvalue weighted by Crippen LogP contribution is 2.30. The largest absolute Gasteiger partial charge is 0.310 e. The highest BCUT2D eigenvalue weighted by atomic mass is 32.2. The van der Waals surface area contributed by atoms with Crippen LogP contribution in [-0.2, 0) is 6.54 Å². The molecular formula is C12H16N4S2. The third-order valence-corrected chi connectivity index (χ3v) is 4.19. The normalized spacial score (nSPS) is 11.1. The van der Waals surface area contributed by atoms with Gasteiger partial charge in [-0.2, -0.15) is 0 Å². The lowest BCUT2D eigenvalue weighted by Gasteiger charge is -2.10. The first-order valence-corrected chi connectivity index (χ1v) is 7.43. The molecule has 0 amide bonds. The van der Waals surface area contributed by atoms with Crippen molar-refractivity contribution in [2.45, 2.75) is 42.7 Å². The zero-order valence-corrected chi connectivity index (χ0v) is 12.3. The number of rotatable bonds is 5. The van der Waals surface area contributed by atoms with Gasteiger partial charge in [0.05, 0.1) is 0 Å². The van der Waals surface area contributed by atoms with Crippen LogP contribution in [0.25, 0.3) is 0 Å². The van der Waals surface area contributed by atoms with Crippen molar-refractivity contribution in [2.75, 3.05) is 0 Å². The fraction of sp³-hybridized carbons (Fsp3) is 0.417. The molecule has 0 unspecified atom stereocenters. The lowest BCUT2D eigenvalue weighted by molar-refractivity contribution is 0.582. The van der Waals surface area contributed by atoms with E-state index in [2.05, 4.69) is 40.4 Å². The van der Waals surface area contributed by atoms with Crippen molar-refractivity contribution in [1.29, 1.82) is 0 Å². The molecule has 2 heterocycles. The molecule has 0 fully saturated rings. The topological polar surface area (TPSA) is 50.7 Å². The first kappa shape index (κ1) is 13.5. The second-order valence-electron chi connectivity index (χ2n) is 4.19. The Labute approximate surface area is 115 Å². The number of hydrogen-bond acceptors (Lipinski definition) is 6. The molecule has 0 spiro atoms. The molecule has 2 aromatic rings. The third-order valence-electron chi connectivity index (χ3n) is 2.24. The summed E-state index contributed by atoms with van der Waals surface area (Å²) in [6.45, 7) is 7.06. The SMILES string of the molecule is Cc1nnc(Sc2ncccc2CNC(C)C)s1. The van der Waals surface area contributed by atoms with Gasteiger partial charge in [-0.1, -0.05) is 31.3 Å². The van der Waals surface area contributed by atoms with E-state index in [0.717, 1.165) is 20.9 Å². The third kappa shape index (κ3) is 3.76. The van der Waals surface area contributed by atoms with Gasteiger partial charge in [0.1, 0.15) is 10.0 Å². The van der Waals surface area contributed by atoms with Crippen LogP contribution in [0.15, 0.2) is 27.7 Å². The number of pyridine rings is 1. The summed E-state index contributed by atoms with van der Waals surface area (Å²) in [5.41, 5.74) is 1.20. The Morgan fingerprint density at radius 2 is 2.22 bits per heavy atom. The van der Waals surface area contributed by atoms with E-state index in [1.807, 2.05) is 19.2 Å². The summed E-state index contributed by atoms with van der Waals surface area (Å²) < 4.78 is 0.942. The molecule has 0 aliphatic rings. The zero-order chi connectivity index (χ0) is 13.0. The van der Waals surface area contributed by atoms with E-state index in [9.17, 15) is 0 Å². The molecule has 6 heteroatoms. The minimum absolute atomic E-state index is 0.465. The smallest absolute Gasteiger partial charge is 0.180 e. The van der Waals surface area contributed by atoms with Crippen molar-refractivity contribution in [2.24, 2.45) is 0 Å². The highest BCUT2D eigenvalue weighted by Gasteiger charge is 2.09. The van der Waals surface area contributed by atoms with Crippen LogP contribution in [0.5, 0.6) is 0 Å². The molecule has 1 N–H and O–H groups in total. The summed E-state index contributed by atoms with van der Waals surface area (Å²) in [5.74, 6) is 0. The Morgan fingerprint density at radius 1 is 1.39 bits per heavy atom. The molecule has 0 aliphatic heterocycles. The maximum absolute atomic E-state index is 4.42. The average molecular weight is 280 g/mol. The van der Waals surface area contributed by atoms with Gasteiger partial charge in [0, 0.05) is 18.8 Å². The van der Waals surface area contributed by atoms with Crippen LogP contribution in [0.2, 0.25) is 0 Å². The second kappa shape index (κ2) is 6.26.